The van der Waals surface area contributed by atoms with Crippen LogP contribution in [-0.2, 0) is 0 Å². The van der Waals surface area contributed by atoms with E-state index in [0.717, 1.165) is 11.1 Å². The third kappa shape index (κ3) is 1.86. The van der Waals surface area contributed by atoms with Crippen LogP contribution in [0.1, 0.15) is 10.4 Å². The highest BCUT2D eigenvalue weighted by atomic mass is 16.4. The van der Waals surface area contributed by atoms with Crippen molar-refractivity contribution in [2.24, 2.45) is 0 Å². The van der Waals surface area contributed by atoms with Gasteiger partial charge >= 0.3 is 5.97 Å². The molecule has 3 N–H and O–H groups in total. The molecule has 0 amide bonds. The molecular formula is C12H10N2O2. The van der Waals surface area contributed by atoms with Crippen LogP contribution in [0.4, 0.5) is 5.69 Å². The zero-order valence-corrected chi connectivity index (χ0v) is 8.42. The maximum Gasteiger partial charge on any atom is 0.337 e. The van der Waals surface area contributed by atoms with E-state index >= 15 is 0 Å². The van der Waals surface area contributed by atoms with Crippen LogP contribution in [0.2, 0.25) is 0 Å². The fraction of sp³-hybridized carbons (Fsp3) is 0. The van der Waals surface area contributed by atoms with Gasteiger partial charge in [-0.05, 0) is 35.4 Å². The molecule has 0 aliphatic rings. The Morgan fingerprint density at radius 1 is 1.12 bits per heavy atom. The molecule has 2 aromatic rings. The van der Waals surface area contributed by atoms with E-state index in [1.54, 1.807) is 30.6 Å². The van der Waals surface area contributed by atoms with Crippen LogP contribution in [0.3, 0.4) is 0 Å². The summed E-state index contributed by atoms with van der Waals surface area (Å²) in [7, 11) is 0. The van der Waals surface area contributed by atoms with Crippen molar-refractivity contribution in [2.75, 3.05) is 5.73 Å². The van der Waals surface area contributed by atoms with E-state index in [1.807, 2.05) is 12.1 Å². The highest BCUT2D eigenvalue weighted by molar-refractivity contribution is 5.95. The molecular weight excluding hydrogens is 204 g/mol. The quantitative estimate of drug-likeness (QED) is 0.750. The largest absolute Gasteiger partial charge is 0.478 e. The summed E-state index contributed by atoms with van der Waals surface area (Å²) in [6.45, 7) is 0. The Morgan fingerprint density at radius 3 is 2.44 bits per heavy atom. The van der Waals surface area contributed by atoms with Crippen molar-refractivity contribution < 1.29 is 9.90 Å². The van der Waals surface area contributed by atoms with Gasteiger partial charge in [-0.3, -0.25) is 4.98 Å². The topological polar surface area (TPSA) is 76.2 Å². The summed E-state index contributed by atoms with van der Waals surface area (Å²) < 4.78 is 0. The zero-order chi connectivity index (χ0) is 11.5. The standard InChI is InChI=1S/C12H10N2O2/c13-11-2-1-9(7-10(11)12(15)16)8-3-5-14-6-4-8/h1-7H,13H2,(H,15,16). The molecule has 0 aliphatic carbocycles. The number of carboxylic acids is 1. The highest BCUT2D eigenvalue weighted by Gasteiger charge is 2.09. The summed E-state index contributed by atoms with van der Waals surface area (Å²) in [5, 5.41) is 8.94. The second-order valence-electron chi connectivity index (χ2n) is 3.34. The lowest BCUT2D eigenvalue weighted by atomic mass is 10.0. The van der Waals surface area contributed by atoms with E-state index in [4.69, 9.17) is 10.8 Å². The molecule has 1 aromatic heterocycles. The minimum atomic E-state index is -1.02. The number of aromatic nitrogens is 1. The first kappa shape index (κ1) is 10.2. The smallest absolute Gasteiger partial charge is 0.337 e. The molecule has 0 saturated carbocycles. The van der Waals surface area contributed by atoms with Crippen molar-refractivity contribution in [3.8, 4) is 11.1 Å². The molecule has 4 nitrogen and oxygen atoms in total. The second-order valence-corrected chi connectivity index (χ2v) is 3.34. The molecule has 1 heterocycles. The van der Waals surface area contributed by atoms with Crippen molar-refractivity contribution in [3.05, 3.63) is 48.3 Å². The van der Waals surface area contributed by atoms with Crippen molar-refractivity contribution in [3.63, 3.8) is 0 Å². The number of hydrogen-bond donors (Lipinski definition) is 2. The molecule has 0 radical (unpaired) electrons. The summed E-state index contributed by atoms with van der Waals surface area (Å²) in [5.41, 5.74) is 7.69. The van der Waals surface area contributed by atoms with Crippen molar-refractivity contribution >= 4 is 11.7 Å². The van der Waals surface area contributed by atoms with Gasteiger partial charge in [-0.15, -0.1) is 0 Å². The van der Waals surface area contributed by atoms with Gasteiger partial charge in [0, 0.05) is 18.1 Å². The van der Waals surface area contributed by atoms with Gasteiger partial charge in [0.05, 0.1) is 5.56 Å². The summed E-state index contributed by atoms with van der Waals surface area (Å²) in [6.07, 6.45) is 3.32. The number of benzene rings is 1. The molecule has 16 heavy (non-hydrogen) atoms. The summed E-state index contributed by atoms with van der Waals surface area (Å²) in [4.78, 5) is 14.8. The normalized spacial score (nSPS) is 10.0. The average molecular weight is 214 g/mol. The van der Waals surface area contributed by atoms with Crippen LogP contribution in [0.15, 0.2) is 42.7 Å². The number of carboxylic acid groups (broad SMARTS) is 1. The number of nitrogens with two attached hydrogens (primary N) is 1. The molecule has 0 fully saturated rings. The molecule has 2 rings (SSSR count). The van der Waals surface area contributed by atoms with Crippen LogP contribution in [-0.4, -0.2) is 16.1 Å². The van der Waals surface area contributed by atoms with E-state index in [9.17, 15) is 4.79 Å². The number of nitrogen functional groups attached to an aromatic ring is 1. The van der Waals surface area contributed by atoms with E-state index in [0.29, 0.717) is 0 Å². The minimum absolute atomic E-state index is 0.120. The number of pyridine rings is 1. The molecule has 1 aromatic carbocycles. The number of carbonyl (C=O) groups is 1. The fourth-order valence-electron chi connectivity index (χ4n) is 1.47. The Morgan fingerprint density at radius 2 is 1.81 bits per heavy atom. The second kappa shape index (κ2) is 4.02. The van der Waals surface area contributed by atoms with E-state index < -0.39 is 5.97 Å². The van der Waals surface area contributed by atoms with Crippen molar-refractivity contribution in [1.82, 2.24) is 4.98 Å². The molecule has 0 atom stereocenters. The van der Waals surface area contributed by atoms with Gasteiger partial charge in [0.15, 0.2) is 0 Å². The average Bonchev–Trinajstić information content (AvgIpc) is 2.30. The summed E-state index contributed by atoms with van der Waals surface area (Å²) in [6, 6.07) is 8.58. The van der Waals surface area contributed by atoms with Gasteiger partial charge in [0.1, 0.15) is 0 Å². The Labute approximate surface area is 92.4 Å². The number of anilines is 1. The van der Waals surface area contributed by atoms with E-state index in [-0.39, 0.29) is 11.3 Å². The molecule has 0 unspecified atom stereocenters. The van der Waals surface area contributed by atoms with Gasteiger partial charge < -0.3 is 10.8 Å². The number of hydrogen-bond acceptors (Lipinski definition) is 3. The van der Waals surface area contributed by atoms with Crippen LogP contribution in [0.5, 0.6) is 0 Å². The highest BCUT2D eigenvalue weighted by Crippen LogP contribution is 2.23. The van der Waals surface area contributed by atoms with Gasteiger partial charge in [0.25, 0.3) is 0 Å². The van der Waals surface area contributed by atoms with Crippen LogP contribution in [0, 0.1) is 0 Å². The first-order valence-corrected chi connectivity index (χ1v) is 4.71. The van der Waals surface area contributed by atoms with Crippen LogP contribution in [0.25, 0.3) is 11.1 Å². The monoisotopic (exact) mass is 214 g/mol. The minimum Gasteiger partial charge on any atom is -0.478 e. The van der Waals surface area contributed by atoms with Gasteiger partial charge in [-0.2, -0.15) is 0 Å². The fourth-order valence-corrected chi connectivity index (χ4v) is 1.47. The molecule has 0 spiro atoms. The maximum atomic E-state index is 10.9. The van der Waals surface area contributed by atoms with Crippen LogP contribution < -0.4 is 5.73 Å². The lowest BCUT2D eigenvalue weighted by molar-refractivity contribution is 0.0698. The predicted molar refractivity (Wildman–Crippen MR) is 61.0 cm³/mol. The molecule has 0 aliphatic heterocycles. The molecule has 0 saturated heterocycles. The lowest BCUT2D eigenvalue weighted by Gasteiger charge is -2.05. The lowest BCUT2D eigenvalue weighted by Crippen LogP contribution is -2.02. The third-order valence-corrected chi connectivity index (χ3v) is 2.30. The van der Waals surface area contributed by atoms with Gasteiger partial charge in [-0.1, -0.05) is 6.07 Å². The zero-order valence-electron chi connectivity index (χ0n) is 8.42. The Bertz CT molecular complexity index is 524. The maximum absolute atomic E-state index is 10.9. The Kier molecular flexibility index (Phi) is 2.55. The Hall–Kier alpha value is -2.36. The van der Waals surface area contributed by atoms with E-state index in [2.05, 4.69) is 4.98 Å². The van der Waals surface area contributed by atoms with Gasteiger partial charge in [-0.25, -0.2) is 4.79 Å². The van der Waals surface area contributed by atoms with E-state index in [1.165, 1.54) is 0 Å². The predicted octanol–water partition coefficient (Wildman–Crippen LogP) is 2.03. The number of nitrogens with zero attached hydrogens (tertiary/aromatic N) is 1. The number of aromatic carboxylic acids is 1. The van der Waals surface area contributed by atoms with Crippen LogP contribution >= 0.6 is 0 Å². The van der Waals surface area contributed by atoms with Crippen molar-refractivity contribution in [1.29, 1.82) is 0 Å². The molecule has 4 heteroatoms. The Balaban J connectivity index is 2.52. The number of rotatable bonds is 2. The molecule has 80 valence electrons. The SMILES string of the molecule is Nc1ccc(-c2ccncc2)cc1C(=O)O. The first-order valence-electron chi connectivity index (χ1n) is 4.71. The molecule has 0 bridgehead atoms. The first-order chi connectivity index (χ1) is 7.68. The van der Waals surface area contributed by atoms with Crippen molar-refractivity contribution in [2.45, 2.75) is 0 Å². The van der Waals surface area contributed by atoms with Gasteiger partial charge in [0.2, 0.25) is 0 Å². The summed E-state index contributed by atoms with van der Waals surface area (Å²) in [5.74, 6) is -1.02. The summed E-state index contributed by atoms with van der Waals surface area (Å²) >= 11 is 0. The third-order valence-electron chi connectivity index (χ3n) is 2.30.